The average Bonchev–Trinajstić information content (AvgIpc) is 3.58. The van der Waals surface area contributed by atoms with Gasteiger partial charge < -0.3 is 14.3 Å². The minimum Gasteiger partial charge on any atom is -0.413 e. The molecule has 5 rings (SSSR count). The van der Waals surface area contributed by atoms with Crippen molar-refractivity contribution in [3.05, 3.63) is 65.0 Å². The minimum absolute atomic E-state index is 0.0167. The average molecular weight is 583 g/mol. The lowest BCUT2D eigenvalue weighted by molar-refractivity contribution is 0.157. The van der Waals surface area contributed by atoms with Gasteiger partial charge in [0.15, 0.2) is 8.32 Å². The van der Waals surface area contributed by atoms with Crippen LogP contribution in [0.1, 0.15) is 76.6 Å². The van der Waals surface area contributed by atoms with Gasteiger partial charge in [-0.25, -0.2) is 9.97 Å². The van der Waals surface area contributed by atoms with Crippen molar-refractivity contribution in [1.29, 1.82) is 0 Å². The molecule has 1 saturated carbocycles. The summed E-state index contributed by atoms with van der Waals surface area (Å²) in [4.78, 5) is 9.34. The van der Waals surface area contributed by atoms with Gasteiger partial charge in [0, 0.05) is 18.2 Å². The summed E-state index contributed by atoms with van der Waals surface area (Å²) in [5, 5.41) is 4.66. The van der Waals surface area contributed by atoms with E-state index in [2.05, 4.69) is 90.2 Å². The summed E-state index contributed by atoms with van der Waals surface area (Å²) < 4.78 is 43.0. The van der Waals surface area contributed by atoms with Crippen molar-refractivity contribution in [1.82, 2.24) is 14.5 Å². The summed E-state index contributed by atoms with van der Waals surface area (Å²) in [6.07, 6.45) is 9.03. The Kier molecular flexibility index (Phi) is 7.75. The Hall–Kier alpha value is -2.53. The van der Waals surface area contributed by atoms with Crippen LogP contribution in [-0.2, 0) is 21.0 Å². The first-order valence-electron chi connectivity index (χ1n) is 14.3. The van der Waals surface area contributed by atoms with Crippen LogP contribution in [0.5, 0.6) is 0 Å². The second-order valence-electron chi connectivity index (χ2n) is 12.8. The van der Waals surface area contributed by atoms with E-state index in [0.29, 0.717) is 6.42 Å². The van der Waals surface area contributed by atoms with Crippen LogP contribution in [-0.4, -0.2) is 41.9 Å². The summed E-state index contributed by atoms with van der Waals surface area (Å²) in [7, 11) is -6.39. The van der Waals surface area contributed by atoms with Crippen LogP contribution in [0.4, 0.5) is 5.82 Å². The fourth-order valence-corrected chi connectivity index (χ4v) is 8.07. The molecule has 2 heterocycles. The fourth-order valence-electron chi connectivity index (χ4n) is 5.98. The number of hydrogen-bond acceptors (Lipinski definition) is 6. The normalized spacial score (nSPS) is 24.0. The second kappa shape index (κ2) is 10.7. The molecule has 4 atom stereocenters. The van der Waals surface area contributed by atoms with Gasteiger partial charge in [0.2, 0.25) is 0 Å². The van der Waals surface area contributed by atoms with Crippen LogP contribution in [0.25, 0.3) is 11.0 Å². The van der Waals surface area contributed by atoms with Crippen LogP contribution >= 0.6 is 0 Å². The molecule has 2 aromatic heterocycles. The predicted molar refractivity (Wildman–Crippen MR) is 162 cm³/mol. The zero-order valence-corrected chi connectivity index (χ0v) is 26.2. The minimum atomic E-state index is -4.26. The van der Waals surface area contributed by atoms with Crippen molar-refractivity contribution in [2.75, 3.05) is 5.32 Å². The van der Waals surface area contributed by atoms with E-state index < -0.39 is 18.4 Å². The third-order valence-corrected chi connectivity index (χ3v) is 14.8. The monoisotopic (exact) mass is 582 g/mol. The van der Waals surface area contributed by atoms with E-state index in [1.807, 2.05) is 0 Å². The number of aromatic nitrogens is 3. The standard InChI is InChI=1S/C30H42N4O4SSi/c1-7-23(39(35,36)37)17-21-16-22(18-27(21)38-40(5,6)30(2,3)4)34-15-14-25-28(31-19-32-29(25)34)33-26-13-12-20-10-8-9-11-24(20)26/h8-11,14-15,17,19,21-22,26-27H,7,12-13,16,18H2,1-6H3,(H,31,32,33)(H,35,36,37)/b23-17+/t21-,22+,26-,27-/m0/s1. The number of nitrogens with one attached hydrogen (secondary N) is 1. The van der Waals surface area contributed by atoms with Gasteiger partial charge in [0.25, 0.3) is 10.1 Å². The molecule has 0 amide bonds. The first-order valence-corrected chi connectivity index (χ1v) is 18.6. The quantitative estimate of drug-likeness (QED) is 0.216. The highest BCUT2D eigenvalue weighted by Crippen LogP contribution is 2.45. The molecule has 1 aromatic carbocycles. The van der Waals surface area contributed by atoms with E-state index in [0.717, 1.165) is 36.1 Å². The highest BCUT2D eigenvalue weighted by atomic mass is 32.2. The van der Waals surface area contributed by atoms with Crippen molar-refractivity contribution in [2.45, 2.75) is 96.1 Å². The molecule has 0 saturated heterocycles. The highest BCUT2D eigenvalue weighted by Gasteiger charge is 2.44. The Labute approximate surface area is 239 Å². The molecule has 8 nitrogen and oxygen atoms in total. The Bertz CT molecular complexity index is 1530. The number of rotatable bonds is 8. The topological polar surface area (TPSA) is 106 Å². The highest BCUT2D eigenvalue weighted by molar-refractivity contribution is 7.89. The molecule has 2 N–H and O–H groups in total. The van der Waals surface area contributed by atoms with Crippen LogP contribution in [0.2, 0.25) is 18.1 Å². The smallest absolute Gasteiger partial charge is 0.290 e. The van der Waals surface area contributed by atoms with Crippen LogP contribution in [0.15, 0.2) is 53.8 Å². The molecule has 2 aliphatic rings. The summed E-state index contributed by atoms with van der Waals surface area (Å²) in [6, 6.07) is 10.9. The zero-order chi connectivity index (χ0) is 28.9. The van der Waals surface area contributed by atoms with Gasteiger partial charge in [-0.15, -0.1) is 0 Å². The first kappa shape index (κ1) is 29.0. The first-order chi connectivity index (χ1) is 18.8. The second-order valence-corrected chi connectivity index (χ2v) is 19.0. The maximum atomic E-state index is 12.1. The van der Waals surface area contributed by atoms with Crippen LogP contribution < -0.4 is 5.32 Å². The zero-order valence-electron chi connectivity index (χ0n) is 24.4. The molecule has 0 bridgehead atoms. The van der Waals surface area contributed by atoms with E-state index in [4.69, 9.17) is 4.43 Å². The maximum absolute atomic E-state index is 12.1. The molecule has 0 unspecified atom stereocenters. The Morgan fingerprint density at radius 2 is 1.95 bits per heavy atom. The largest absolute Gasteiger partial charge is 0.413 e. The summed E-state index contributed by atoms with van der Waals surface area (Å²) in [5.41, 5.74) is 3.57. The lowest BCUT2D eigenvalue weighted by atomic mass is 10.0. The number of fused-ring (bicyclic) bond motifs is 2. The fraction of sp³-hybridized carbons (Fsp3) is 0.533. The van der Waals surface area contributed by atoms with Gasteiger partial charge in [0.05, 0.1) is 22.4 Å². The van der Waals surface area contributed by atoms with E-state index in [1.54, 1.807) is 19.3 Å². The third-order valence-electron chi connectivity index (χ3n) is 9.20. The van der Waals surface area contributed by atoms with E-state index in [1.165, 1.54) is 11.1 Å². The lowest BCUT2D eigenvalue weighted by Gasteiger charge is -2.39. The van der Waals surface area contributed by atoms with Crippen molar-refractivity contribution >= 4 is 35.3 Å². The van der Waals surface area contributed by atoms with Crippen molar-refractivity contribution in [3.8, 4) is 0 Å². The van der Waals surface area contributed by atoms with Gasteiger partial charge in [-0.3, -0.25) is 4.55 Å². The number of nitrogens with zero attached hydrogens (tertiary/aromatic N) is 3. The van der Waals surface area contributed by atoms with Gasteiger partial charge in [0.1, 0.15) is 17.8 Å². The summed E-state index contributed by atoms with van der Waals surface area (Å²) >= 11 is 0. The van der Waals surface area contributed by atoms with Crippen molar-refractivity contribution in [2.24, 2.45) is 5.92 Å². The summed E-state index contributed by atoms with van der Waals surface area (Å²) in [6.45, 7) is 12.8. The van der Waals surface area contributed by atoms with Crippen molar-refractivity contribution in [3.63, 3.8) is 0 Å². The Balaban J connectivity index is 1.46. The van der Waals surface area contributed by atoms with Crippen LogP contribution in [0, 0.1) is 5.92 Å². The SMILES string of the molecule is CC/C(=C\[C@@H]1C[C@@H](n2ccc3c(N[C@H]4CCc5ccccc54)ncnc32)C[C@@H]1O[Si](C)(C)C(C)(C)C)S(=O)(=O)O. The molecule has 3 aromatic rings. The molecular formula is C30H42N4O4SSi. The van der Waals surface area contributed by atoms with Gasteiger partial charge in [-0.2, -0.15) is 8.42 Å². The van der Waals surface area contributed by atoms with Gasteiger partial charge in [-0.05, 0) is 67.4 Å². The molecule has 10 heteroatoms. The lowest BCUT2D eigenvalue weighted by Crippen LogP contribution is -2.44. The Morgan fingerprint density at radius 3 is 2.65 bits per heavy atom. The van der Waals surface area contributed by atoms with E-state index in [-0.39, 0.29) is 40.5 Å². The predicted octanol–water partition coefficient (Wildman–Crippen LogP) is 7.05. The number of aryl methyl sites for hydroxylation is 1. The molecule has 0 aliphatic heterocycles. The summed E-state index contributed by atoms with van der Waals surface area (Å²) in [5.74, 6) is 0.691. The molecule has 2 aliphatic carbocycles. The Morgan fingerprint density at radius 1 is 1.20 bits per heavy atom. The number of allylic oxidation sites excluding steroid dienone is 1. The van der Waals surface area contributed by atoms with E-state index >= 15 is 0 Å². The number of benzene rings is 1. The maximum Gasteiger partial charge on any atom is 0.290 e. The molecule has 216 valence electrons. The molecule has 1 fully saturated rings. The van der Waals surface area contributed by atoms with Crippen molar-refractivity contribution < 1.29 is 17.4 Å². The molecule has 0 spiro atoms. The number of hydrogen-bond donors (Lipinski definition) is 2. The molecular weight excluding hydrogens is 541 g/mol. The van der Waals surface area contributed by atoms with E-state index in [9.17, 15) is 13.0 Å². The number of anilines is 1. The van der Waals surface area contributed by atoms with Crippen LogP contribution in [0.3, 0.4) is 0 Å². The molecule has 0 radical (unpaired) electrons. The van der Waals surface area contributed by atoms with Gasteiger partial charge in [-0.1, -0.05) is 58.0 Å². The molecule has 40 heavy (non-hydrogen) atoms. The third kappa shape index (κ3) is 5.64. The van der Waals surface area contributed by atoms with Gasteiger partial charge >= 0.3 is 0 Å².